The van der Waals surface area contributed by atoms with Gasteiger partial charge in [-0.3, -0.25) is 4.79 Å². The maximum atomic E-state index is 9.93. The second-order valence-electron chi connectivity index (χ2n) is 5.24. The topological polar surface area (TPSA) is 41.6 Å². The lowest BCUT2D eigenvalue weighted by Crippen LogP contribution is -2.42. The van der Waals surface area contributed by atoms with Crippen molar-refractivity contribution in [3.63, 3.8) is 0 Å². The van der Waals surface area contributed by atoms with Crippen LogP contribution in [0, 0.1) is 5.92 Å². The molecule has 1 fully saturated rings. The Hall–Kier alpha value is -0.610. The van der Waals surface area contributed by atoms with Crippen molar-refractivity contribution in [2.45, 2.75) is 46.6 Å². The summed E-state index contributed by atoms with van der Waals surface area (Å²) in [4.78, 5) is 12.3. The number of hydrogen-bond donors (Lipinski definition) is 1. The fraction of sp³-hybridized carbons (Fsp3) is 0.929. The van der Waals surface area contributed by atoms with Crippen molar-refractivity contribution >= 4 is 6.41 Å². The van der Waals surface area contributed by atoms with Gasteiger partial charge in [0.05, 0.1) is 12.1 Å². The van der Waals surface area contributed by atoms with Gasteiger partial charge in [0.2, 0.25) is 6.41 Å². The zero-order chi connectivity index (χ0) is 14.6. The van der Waals surface area contributed by atoms with Crippen LogP contribution >= 0.6 is 0 Å². The molecule has 1 aliphatic heterocycles. The molecule has 0 bridgehead atoms. The van der Waals surface area contributed by atoms with Crippen LogP contribution in [0.2, 0.25) is 0 Å². The summed E-state index contributed by atoms with van der Waals surface area (Å²) in [6, 6.07) is 0. The van der Waals surface area contributed by atoms with Crippen LogP contribution in [0.5, 0.6) is 0 Å². The number of likely N-dealkylation sites (tertiary alicyclic amines) is 1. The molecule has 0 radical (unpaired) electrons. The number of nitrogens with one attached hydrogen (secondary N) is 1. The molecule has 0 aromatic rings. The van der Waals surface area contributed by atoms with Crippen LogP contribution in [-0.4, -0.2) is 50.7 Å². The Labute approximate surface area is 113 Å². The fourth-order valence-corrected chi connectivity index (χ4v) is 1.72. The zero-order valence-corrected chi connectivity index (χ0v) is 13.2. The van der Waals surface area contributed by atoms with Crippen LogP contribution in [0.25, 0.3) is 0 Å². The van der Waals surface area contributed by atoms with Crippen molar-refractivity contribution in [1.29, 1.82) is 0 Å². The first-order valence-corrected chi connectivity index (χ1v) is 6.80. The number of rotatable bonds is 4. The summed E-state index contributed by atoms with van der Waals surface area (Å²) in [6.07, 6.45) is 2.08. The van der Waals surface area contributed by atoms with E-state index in [1.165, 1.54) is 19.5 Å². The largest absolute Gasteiger partial charge is 0.382 e. The number of carbonyl (C=O) groups is 1. The van der Waals surface area contributed by atoms with Gasteiger partial charge in [-0.2, -0.15) is 0 Å². The van der Waals surface area contributed by atoms with Gasteiger partial charge in [-0.05, 0) is 39.8 Å². The summed E-state index contributed by atoms with van der Waals surface area (Å²) in [5, 5.41) is 2.62. The Kier molecular flexibility index (Phi) is 12.6. The predicted molar refractivity (Wildman–Crippen MR) is 77.8 cm³/mol. The molecule has 110 valence electrons. The maximum Gasteiger partial charge on any atom is 0.207 e. The van der Waals surface area contributed by atoms with Gasteiger partial charge >= 0.3 is 0 Å². The van der Waals surface area contributed by atoms with Crippen molar-refractivity contribution in [2.75, 3.05) is 33.9 Å². The van der Waals surface area contributed by atoms with Crippen LogP contribution in [0.1, 0.15) is 41.0 Å². The molecule has 4 heteroatoms. The normalized spacial score (nSPS) is 19.2. The maximum absolute atomic E-state index is 9.93. The first-order chi connectivity index (χ1) is 8.41. The molecule has 1 amide bonds. The molecule has 1 aliphatic rings. The summed E-state index contributed by atoms with van der Waals surface area (Å²) in [6.45, 7) is 13.2. The van der Waals surface area contributed by atoms with Gasteiger partial charge in [0, 0.05) is 13.7 Å². The van der Waals surface area contributed by atoms with E-state index < -0.39 is 0 Å². The summed E-state index contributed by atoms with van der Waals surface area (Å²) < 4.78 is 4.84. The first kappa shape index (κ1) is 19.7. The molecule has 1 rings (SSSR count). The third-order valence-corrected chi connectivity index (χ3v) is 2.58. The lowest BCUT2D eigenvalue weighted by Gasteiger charge is -2.21. The van der Waals surface area contributed by atoms with Gasteiger partial charge in [0.1, 0.15) is 0 Å². The van der Waals surface area contributed by atoms with E-state index in [0.29, 0.717) is 13.0 Å². The molecule has 1 N–H and O–H groups in total. The first-order valence-electron chi connectivity index (χ1n) is 6.80. The third kappa shape index (κ3) is 11.9. The van der Waals surface area contributed by atoms with Crippen LogP contribution in [0.15, 0.2) is 0 Å². The highest BCUT2D eigenvalue weighted by molar-refractivity contribution is 5.47. The highest BCUT2D eigenvalue weighted by atomic mass is 16.5. The van der Waals surface area contributed by atoms with E-state index in [1.807, 2.05) is 27.7 Å². The lowest BCUT2D eigenvalue weighted by molar-refractivity contribution is -0.111. The Morgan fingerprint density at radius 2 is 2.00 bits per heavy atom. The third-order valence-electron chi connectivity index (χ3n) is 2.58. The van der Waals surface area contributed by atoms with E-state index in [1.54, 1.807) is 7.11 Å². The quantitative estimate of drug-likeness (QED) is 0.787. The molecule has 1 heterocycles. The molecule has 1 atom stereocenters. The van der Waals surface area contributed by atoms with Crippen molar-refractivity contribution in [3.05, 3.63) is 0 Å². The summed E-state index contributed by atoms with van der Waals surface area (Å²) in [7, 11) is 3.79. The molecule has 18 heavy (non-hydrogen) atoms. The Balaban J connectivity index is 0. The molecule has 4 nitrogen and oxygen atoms in total. The van der Waals surface area contributed by atoms with Crippen molar-refractivity contribution < 1.29 is 9.53 Å². The van der Waals surface area contributed by atoms with Crippen LogP contribution < -0.4 is 5.32 Å². The number of amides is 1. The molecular formula is C14H32N2O2. The minimum Gasteiger partial charge on any atom is -0.382 e. The van der Waals surface area contributed by atoms with E-state index in [-0.39, 0.29) is 5.54 Å². The summed E-state index contributed by atoms with van der Waals surface area (Å²) in [5.74, 6) is 0.949. The average molecular weight is 260 g/mol. The average Bonchev–Trinajstić information content (AvgIpc) is 2.66. The van der Waals surface area contributed by atoms with Gasteiger partial charge in [-0.1, -0.05) is 20.8 Å². The second kappa shape index (κ2) is 11.5. The van der Waals surface area contributed by atoms with Gasteiger partial charge in [0.15, 0.2) is 0 Å². The fourth-order valence-electron chi connectivity index (χ4n) is 1.72. The van der Waals surface area contributed by atoms with Crippen LogP contribution in [0.4, 0.5) is 0 Å². The Bertz CT molecular complexity index is 188. The Morgan fingerprint density at radius 3 is 2.22 bits per heavy atom. The monoisotopic (exact) mass is 260 g/mol. The molecule has 0 spiro atoms. The SMILES string of the molecule is CC.CC1CCN(C)C1.COCC(C)(C)NC=O. The number of methoxy groups -OCH3 is 1. The Morgan fingerprint density at radius 1 is 1.44 bits per heavy atom. The van der Waals surface area contributed by atoms with E-state index >= 15 is 0 Å². The summed E-state index contributed by atoms with van der Waals surface area (Å²) in [5.41, 5.74) is -0.240. The number of carbonyl (C=O) groups excluding carboxylic acids is 1. The van der Waals surface area contributed by atoms with E-state index in [0.717, 1.165) is 5.92 Å². The minimum atomic E-state index is -0.240. The highest BCUT2D eigenvalue weighted by Crippen LogP contribution is 2.11. The van der Waals surface area contributed by atoms with Gasteiger partial charge in [-0.25, -0.2) is 0 Å². The predicted octanol–water partition coefficient (Wildman–Crippen LogP) is 2.14. The molecular weight excluding hydrogens is 228 g/mol. The smallest absolute Gasteiger partial charge is 0.207 e. The molecule has 1 unspecified atom stereocenters. The second-order valence-corrected chi connectivity index (χ2v) is 5.24. The summed E-state index contributed by atoms with van der Waals surface area (Å²) >= 11 is 0. The van der Waals surface area contributed by atoms with Gasteiger partial charge < -0.3 is 15.0 Å². The van der Waals surface area contributed by atoms with Crippen LogP contribution in [0.3, 0.4) is 0 Å². The van der Waals surface area contributed by atoms with E-state index in [4.69, 9.17) is 4.74 Å². The van der Waals surface area contributed by atoms with E-state index in [2.05, 4.69) is 24.2 Å². The molecule has 0 saturated carbocycles. The number of nitrogens with zero attached hydrogens (tertiary/aromatic N) is 1. The molecule has 0 aliphatic carbocycles. The highest BCUT2D eigenvalue weighted by Gasteiger charge is 2.14. The number of ether oxygens (including phenoxy) is 1. The van der Waals surface area contributed by atoms with Crippen molar-refractivity contribution in [3.8, 4) is 0 Å². The number of hydrogen-bond acceptors (Lipinski definition) is 3. The molecule has 1 saturated heterocycles. The molecule has 0 aromatic heterocycles. The van der Waals surface area contributed by atoms with Crippen molar-refractivity contribution in [2.24, 2.45) is 5.92 Å². The minimum absolute atomic E-state index is 0.240. The molecule has 0 aromatic carbocycles. The van der Waals surface area contributed by atoms with E-state index in [9.17, 15) is 4.79 Å². The van der Waals surface area contributed by atoms with Crippen molar-refractivity contribution in [1.82, 2.24) is 10.2 Å². The zero-order valence-electron chi connectivity index (χ0n) is 13.2. The van der Waals surface area contributed by atoms with Crippen LogP contribution in [-0.2, 0) is 9.53 Å². The van der Waals surface area contributed by atoms with Gasteiger partial charge in [-0.15, -0.1) is 0 Å². The van der Waals surface area contributed by atoms with Gasteiger partial charge in [0.25, 0.3) is 0 Å². The standard InChI is InChI=1S/C6H13NO2.C6H13N.C2H6/c1-6(2,4-9-3)7-5-8;1-6-3-4-7(2)5-6;1-2/h5H,4H2,1-3H3,(H,7,8);6H,3-5H2,1-2H3;1-2H3. The lowest BCUT2D eigenvalue weighted by atomic mass is 10.1.